The number of amides is 4. The van der Waals surface area contributed by atoms with Gasteiger partial charge in [-0.25, -0.2) is 18.5 Å². The van der Waals surface area contributed by atoms with Crippen LogP contribution in [0.2, 0.25) is 0 Å². The lowest BCUT2D eigenvalue weighted by atomic mass is 10.0. The third-order valence-corrected chi connectivity index (χ3v) is 6.80. The van der Waals surface area contributed by atoms with Crippen LogP contribution in [0.15, 0.2) is 66.9 Å². The van der Waals surface area contributed by atoms with Crippen molar-refractivity contribution in [3.8, 4) is 23.0 Å². The smallest absolute Gasteiger partial charge is 0.331 e. The Labute approximate surface area is 239 Å². The van der Waals surface area contributed by atoms with Gasteiger partial charge < -0.3 is 24.4 Å². The Morgan fingerprint density at radius 2 is 1.69 bits per heavy atom. The van der Waals surface area contributed by atoms with Crippen molar-refractivity contribution in [1.82, 2.24) is 9.88 Å². The second kappa shape index (κ2) is 11.7. The number of fused-ring (bicyclic) bond motifs is 1. The number of nitrogens with one attached hydrogen (secondary N) is 1. The van der Waals surface area contributed by atoms with E-state index in [2.05, 4.69) is 10.3 Å². The lowest BCUT2D eigenvalue weighted by molar-refractivity contribution is -0.132. The van der Waals surface area contributed by atoms with E-state index in [-0.39, 0.29) is 30.2 Å². The molecule has 1 saturated heterocycles. The highest BCUT2D eigenvalue weighted by Gasteiger charge is 2.43. The first-order valence-electron chi connectivity index (χ1n) is 12.9. The molecule has 0 saturated carbocycles. The van der Waals surface area contributed by atoms with Crippen molar-refractivity contribution >= 4 is 40.1 Å². The average molecular weight is 577 g/mol. The normalized spacial score (nSPS) is 15.1. The van der Waals surface area contributed by atoms with E-state index in [4.69, 9.17) is 14.2 Å². The number of benzene rings is 3. The number of rotatable bonds is 8. The number of halogens is 2. The second-order valence-electron chi connectivity index (χ2n) is 9.29. The molecule has 216 valence electrons. The van der Waals surface area contributed by atoms with Gasteiger partial charge in [0.15, 0.2) is 11.5 Å². The number of hydrogen-bond acceptors (Lipinski definition) is 7. The van der Waals surface area contributed by atoms with Crippen molar-refractivity contribution in [1.29, 1.82) is 0 Å². The van der Waals surface area contributed by atoms with E-state index >= 15 is 4.39 Å². The Bertz CT molecular complexity index is 1680. The highest BCUT2D eigenvalue weighted by atomic mass is 19.1. The molecule has 5 rings (SSSR count). The molecule has 10 nitrogen and oxygen atoms in total. The van der Waals surface area contributed by atoms with Crippen LogP contribution < -0.4 is 24.4 Å². The number of carbonyl (C=O) groups is 3. The van der Waals surface area contributed by atoms with Gasteiger partial charge in [-0.3, -0.25) is 14.6 Å². The maximum atomic E-state index is 15.2. The number of methoxy groups -OCH3 is 2. The van der Waals surface area contributed by atoms with Gasteiger partial charge in [-0.05, 0) is 55.5 Å². The largest absolute Gasteiger partial charge is 0.493 e. The van der Waals surface area contributed by atoms with Gasteiger partial charge in [0.2, 0.25) is 11.8 Å². The molecule has 3 aromatic carbocycles. The van der Waals surface area contributed by atoms with Gasteiger partial charge in [0.05, 0.1) is 31.1 Å². The third kappa shape index (κ3) is 5.38. The lowest BCUT2D eigenvalue weighted by Crippen LogP contribution is -2.59. The molecule has 4 aromatic rings. The Balaban J connectivity index is 1.36. The molecule has 0 radical (unpaired) electrons. The first-order valence-corrected chi connectivity index (χ1v) is 12.9. The molecule has 1 aliphatic heterocycles. The van der Waals surface area contributed by atoms with Crippen LogP contribution in [-0.2, 0) is 9.59 Å². The number of nitrogens with zero attached hydrogens (tertiary/aromatic N) is 3. The molecular formula is C30H26F2N4O6. The molecule has 0 bridgehead atoms. The summed E-state index contributed by atoms with van der Waals surface area (Å²) in [6, 6.07) is 13.0. The number of carbonyl (C=O) groups excluding carboxylic acids is 3. The molecule has 12 heteroatoms. The summed E-state index contributed by atoms with van der Waals surface area (Å²) >= 11 is 0. The topological polar surface area (TPSA) is 110 Å². The average Bonchev–Trinajstić information content (AvgIpc) is 2.99. The van der Waals surface area contributed by atoms with Crippen molar-refractivity contribution in [3.63, 3.8) is 0 Å². The molecule has 1 aliphatic rings. The van der Waals surface area contributed by atoms with Gasteiger partial charge in [-0.2, -0.15) is 0 Å². The third-order valence-electron chi connectivity index (χ3n) is 6.80. The number of hydrogen-bond donors (Lipinski definition) is 1. The number of anilines is 2. The second-order valence-corrected chi connectivity index (χ2v) is 9.29. The number of aromatic nitrogens is 1. The van der Waals surface area contributed by atoms with Gasteiger partial charge in [-0.15, -0.1) is 0 Å². The number of pyridine rings is 1. The zero-order valence-electron chi connectivity index (χ0n) is 22.9. The standard InChI is InChI=1S/C30H26F2N4O6/c1-4-35-16-21(29(38)36(30(35)39)18-7-5-17(31)6-8-18)28(37)34-23-10-9-19(13-22(23)32)42-25-11-12-33-24-15-27(41-3)26(40-2)14-20(24)25/h5-15,21H,4,16H2,1-3H3,(H,34,37). The number of imide groups is 1. The molecule has 0 aliphatic carbocycles. The summed E-state index contributed by atoms with van der Waals surface area (Å²) < 4.78 is 45.2. The number of urea groups is 1. The predicted octanol–water partition coefficient (Wildman–Crippen LogP) is 5.37. The van der Waals surface area contributed by atoms with Crippen LogP contribution in [0.4, 0.5) is 25.0 Å². The Kier molecular flexibility index (Phi) is 7.87. The summed E-state index contributed by atoms with van der Waals surface area (Å²) in [5.41, 5.74) is 0.509. The van der Waals surface area contributed by atoms with Crippen LogP contribution in [0, 0.1) is 17.6 Å². The first kappa shape index (κ1) is 28.3. The highest BCUT2D eigenvalue weighted by Crippen LogP contribution is 2.37. The molecule has 1 fully saturated rings. The molecule has 0 spiro atoms. The van der Waals surface area contributed by atoms with E-state index in [0.717, 1.165) is 23.1 Å². The van der Waals surface area contributed by atoms with Crippen LogP contribution in [0.5, 0.6) is 23.0 Å². The van der Waals surface area contributed by atoms with Gasteiger partial charge in [0.25, 0.3) is 0 Å². The maximum Gasteiger partial charge on any atom is 0.331 e. The summed E-state index contributed by atoms with van der Waals surface area (Å²) in [5, 5.41) is 3.05. The van der Waals surface area contributed by atoms with Gasteiger partial charge in [0.1, 0.15) is 29.1 Å². The van der Waals surface area contributed by atoms with Crippen LogP contribution in [0.3, 0.4) is 0 Å². The van der Waals surface area contributed by atoms with Crippen molar-refractivity contribution < 1.29 is 37.4 Å². The number of ether oxygens (including phenoxy) is 3. The molecule has 42 heavy (non-hydrogen) atoms. The minimum atomic E-state index is -1.32. The lowest BCUT2D eigenvalue weighted by Gasteiger charge is -2.37. The molecule has 1 atom stereocenters. The maximum absolute atomic E-state index is 15.2. The zero-order chi connectivity index (χ0) is 30.0. The molecule has 1 N–H and O–H groups in total. The van der Waals surface area contributed by atoms with E-state index in [1.54, 1.807) is 25.1 Å². The van der Waals surface area contributed by atoms with E-state index in [1.807, 2.05) is 0 Å². The van der Waals surface area contributed by atoms with E-state index in [0.29, 0.717) is 28.2 Å². The Morgan fingerprint density at radius 3 is 2.36 bits per heavy atom. The van der Waals surface area contributed by atoms with E-state index in [1.165, 1.54) is 49.6 Å². The molecule has 2 heterocycles. The van der Waals surface area contributed by atoms with Crippen molar-refractivity contribution in [2.24, 2.45) is 5.92 Å². The van der Waals surface area contributed by atoms with Crippen molar-refractivity contribution in [2.75, 3.05) is 37.5 Å². The van der Waals surface area contributed by atoms with Crippen molar-refractivity contribution in [2.45, 2.75) is 6.92 Å². The minimum Gasteiger partial charge on any atom is -0.493 e. The monoisotopic (exact) mass is 576 g/mol. The van der Waals surface area contributed by atoms with Crippen LogP contribution in [0.25, 0.3) is 10.9 Å². The fraction of sp³-hybridized carbons (Fsp3) is 0.200. The first-order chi connectivity index (χ1) is 20.2. The fourth-order valence-corrected chi connectivity index (χ4v) is 4.60. The van der Waals surface area contributed by atoms with Crippen LogP contribution >= 0.6 is 0 Å². The van der Waals surface area contributed by atoms with Gasteiger partial charge in [-0.1, -0.05) is 0 Å². The summed E-state index contributed by atoms with van der Waals surface area (Å²) in [7, 11) is 3.01. The SMILES string of the molecule is CCN1CC(C(=O)Nc2ccc(Oc3ccnc4cc(OC)c(OC)cc34)cc2F)C(=O)N(c2ccc(F)cc2)C1=O. The zero-order valence-corrected chi connectivity index (χ0v) is 22.9. The summed E-state index contributed by atoms with van der Waals surface area (Å²) in [6.07, 6.45) is 1.54. The fourth-order valence-electron chi connectivity index (χ4n) is 4.60. The minimum absolute atomic E-state index is 0.120. The quantitative estimate of drug-likeness (QED) is 0.281. The summed E-state index contributed by atoms with van der Waals surface area (Å²) in [6.45, 7) is 1.72. The van der Waals surface area contributed by atoms with E-state index < -0.39 is 35.4 Å². The Hall–Kier alpha value is -5.26. The molecule has 1 aromatic heterocycles. The van der Waals surface area contributed by atoms with Gasteiger partial charge in [0, 0.05) is 36.8 Å². The van der Waals surface area contributed by atoms with E-state index in [9.17, 15) is 18.8 Å². The summed E-state index contributed by atoms with van der Waals surface area (Å²) in [5.74, 6) is -2.79. The van der Waals surface area contributed by atoms with Crippen LogP contribution in [0.1, 0.15) is 6.92 Å². The predicted molar refractivity (Wildman–Crippen MR) is 150 cm³/mol. The highest BCUT2D eigenvalue weighted by molar-refractivity contribution is 6.23. The summed E-state index contributed by atoms with van der Waals surface area (Å²) in [4.78, 5) is 45.8. The Morgan fingerprint density at radius 1 is 0.976 bits per heavy atom. The molecule has 1 unspecified atom stereocenters. The van der Waals surface area contributed by atoms with Crippen molar-refractivity contribution in [3.05, 3.63) is 78.5 Å². The molecular weight excluding hydrogens is 550 g/mol. The van der Waals surface area contributed by atoms with Gasteiger partial charge >= 0.3 is 6.03 Å². The van der Waals surface area contributed by atoms with Crippen LogP contribution in [-0.4, -0.2) is 55.0 Å². The molecule has 4 amide bonds.